The van der Waals surface area contributed by atoms with Gasteiger partial charge in [0.2, 0.25) is 5.91 Å². The Morgan fingerprint density at radius 3 is 2.50 bits per heavy atom. The summed E-state index contributed by atoms with van der Waals surface area (Å²) in [6.07, 6.45) is 5.95. The lowest BCUT2D eigenvalue weighted by molar-refractivity contribution is -0.121. The summed E-state index contributed by atoms with van der Waals surface area (Å²) >= 11 is 12.0. The van der Waals surface area contributed by atoms with E-state index in [-0.39, 0.29) is 16.8 Å². The Labute approximate surface area is 187 Å². The van der Waals surface area contributed by atoms with Gasteiger partial charge < -0.3 is 5.32 Å². The molecule has 0 aliphatic rings. The first-order valence-electron chi connectivity index (χ1n) is 10.1. The second kappa shape index (κ2) is 12.4. The zero-order valence-electron chi connectivity index (χ0n) is 17.3. The van der Waals surface area contributed by atoms with E-state index in [0.29, 0.717) is 28.4 Å². The summed E-state index contributed by atoms with van der Waals surface area (Å²) in [5.41, 5.74) is 4.97. The molecule has 2 aromatic rings. The molecular formula is C23H27Cl2N3O2. The van der Waals surface area contributed by atoms with E-state index in [1.54, 1.807) is 31.2 Å². The maximum Gasteiger partial charge on any atom is 0.257 e. The lowest BCUT2D eigenvalue weighted by atomic mass is 10.1. The van der Waals surface area contributed by atoms with Crippen molar-refractivity contribution in [1.29, 1.82) is 0 Å². The zero-order valence-corrected chi connectivity index (χ0v) is 18.8. The first kappa shape index (κ1) is 23.9. The van der Waals surface area contributed by atoms with Gasteiger partial charge in [-0.3, -0.25) is 9.59 Å². The van der Waals surface area contributed by atoms with Gasteiger partial charge in [0.25, 0.3) is 5.91 Å². The summed E-state index contributed by atoms with van der Waals surface area (Å²) in [4.78, 5) is 24.4. The lowest BCUT2D eigenvalue weighted by Gasteiger charge is -2.09. The molecule has 0 saturated carbocycles. The minimum absolute atomic E-state index is 0.0901. The first-order valence-corrected chi connectivity index (χ1v) is 10.9. The third-order valence-electron chi connectivity index (χ3n) is 4.57. The number of nitrogens with one attached hydrogen (secondary N) is 2. The van der Waals surface area contributed by atoms with Crippen LogP contribution in [0.2, 0.25) is 10.0 Å². The van der Waals surface area contributed by atoms with Crippen molar-refractivity contribution in [2.24, 2.45) is 5.10 Å². The molecule has 2 aromatic carbocycles. The number of carbonyl (C=O) groups is 2. The van der Waals surface area contributed by atoms with Gasteiger partial charge >= 0.3 is 0 Å². The molecule has 2 amide bonds. The standard InChI is InChI=1S/C23H27Cl2N3O2/c1-3-4-5-6-7-11-22(29)28-27-16(2)17-9-8-10-19(14-17)26-23(30)20-13-12-18(24)15-21(20)25/h8-10,12-15H,3-7,11H2,1-2H3,(H,26,30)(H,28,29). The van der Waals surface area contributed by atoms with Crippen molar-refractivity contribution in [3.8, 4) is 0 Å². The number of nitrogens with zero attached hydrogens (tertiary/aromatic N) is 1. The molecule has 0 spiro atoms. The van der Waals surface area contributed by atoms with Gasteiger partial charge in [0.1, 0.15) is 0 Å². The van der Waals surface area contributed by atoms with E-state index < -0.39 is 0 Å². The summed E-state index contributed by atoms with van der Waals surface area (Å²) in [5, 5.41) is 7.74. The van der Waals surface area contributed by atoms with Gasteiger partial charge in [0, 0.05) is 17.1 Å². The fourth-order valence-electron chi connectivity index (χ4n) is 2.85. The number of benzene rings is 2. The van der Waals surface area contributed by atoms with Crippen molar-refractivity contribution < 1.29 is 9.59 Å². The summed E-state index contributed by atoms with van der Waals surface area (Å²) in [5.74, 6) is -0.424. The van der Waals surface area contributed by atoms with E-state index in [0.717, 1.165) is 24.8 Å². The Hall–Kier alpha value is -2.37. The number of hydrogen-bond donors (Lipinski definition) is 2. The normalized spacial score (nSPS) is 11.3. The lowest BCUT2D eigenvalue weighted by Crippen LogP contribution is -2.19. The Balaban J connectivity index is 1.94. The van der Waals surface area contributed by atoms with Gasteiger partial charge in [-0.1, -0.05) is 67.9 Å². The molecule has 0 aliphatic carbocycles. The largest absolute Gasteiger partial charge is 0.322 e. The highest BCUT2D eigenvalue weighted by molar-refractivity contribution is 6.37. The molecule has 160 valence electrons. The number of hydrogen-bond acceptors (Lipinski definition) is 3. The van der Waals surface area contributed by atoms with E-state index in [1.165, 1.54) is 18.9 Å². The Morgan fingerprint density at radius 2 is 1.77 bits per heavy atom. The van der Waals surface area contributed by atoms with Crippen molar-refractivity contribution >= 4 is 46.4 Å². The summed E-state index contributed by atoms with van der Waals surface area (Å²) in [7, 11) is 0. The first-order chi connectivity index (χ1) is 14.4. The summed E-state index contributed by atoms with van der Waals surface area (Å²) in [6.45, 7) is 3.97. The quantitative estimate of drug-likeness (QED) is 0.249. The number of amides is 2. The van der Waals surface area contributed by atoms with Gasteiger partial charge in [-0.15, -0.1) is 0 Å². The van der Waals surface area contributed by atoms with Crippen molar-refractivity contribution in [2.75, 3.05) is 5.32 Å². The van der Waals surface area contributed by atoms with Gasteiger partial charge in [0.05, 0.1) is 16.3 Å². The van der Waals surface area contributed by atoms with Crippen molar-refractivity contribution in [3.05, 3.63) is 63.6 Å². The Bertz CT molecular complexity index is 913. The van der Waals surface area contributed by atoms with Crippen LogP contribution in [0.4, 0.5) is 5.69 Å². The van der Waals surface area contributed by atoms with E-state index >= 15 is 0 Å². The number of halogens is 2. The number of hydrazone groups is 1. The molecule has 0 aromatic heterocycles. The second-order valence-electron chi connectivity index (χ2n) is 7.06. The highest BCUT2D eigenvalue weighted by Crippen LogP contribution is 2.22. The SMILES string of the molecule is CCCCCCCC(=O)NN=C(C)c1cccc(NC(=O)c2ccc(Cl)cc2Cl)c1. The number of rotatable bonds is 10. The molecule has 0 unspecified atom stereocenters. The topological polar surface area (TPSA) is 70.6 Å². The van der Waals surface area contributed by atoms with E-state index in [4.69, 9.17) is 23.2 Å². The Morgan fingerprint density at radius 1 is 1.00 bits per heavy atom. The van der Waals surface area contributed by atoms with Crippen LogP contribution in [0.1, 0.15) is 68.3 Å². The maximum absolute atomic E-state index is 12.5. The molecule has 0 atom stereocenters. The minimum Gasteiger partial charge on any atom is -0.322 e. The smallest absolute Gasteiger partial charge is 0.257 e. The third-order valence-corrected chi connectivity index (χ3v) is 5.12. The summed E-state index contributed by atoms with van der Waals surface area (Å²) < 4.78 is 0. The van der Waals surface area contributed by atoms with Crippen molar-refractivity contribution in [1.82, 2.24) is 5.43 Å². The molecule has 0 bridgehead atoms. The van der Waals surface area contributed by atoms with Crippen LogP contribution in [-0.2, 0) is 4.79 Å². The molecule has 0 saturated heterocycles. The van der Waals surface area contributed by atoms with Crippen molar-refractivity contribution in [3.63, 3.8) is 0 Å². The predicted molar refractivity (Wildman–Crippen MR) is 125 cm³/mol. The second-order valence-corrected chi connectivity index (χ2v) is 7.90. The molecule has 0 radical (unpaired) electrons. The maximum atomic E-state index is 12.5. The number of carbonyl (C=O) groups excluding carboxylic acids is 2. The molecule has 0 heterocycles. The van der Waals surface area contributed by atoms with Gasteiger partial charge in [-0.2, -0.15) is 5.10 Å². The van der Waals surface area contributed by atoms with Crippen LogP contribution in [0.25, 0.3) is 0 Å². The molecule has 0 fully saturated rings. The van der Waals surface area contributed by atoms with Gasteiger partial charge in [-0.05, 0) is 49.2 Å². The van der Waals surface area contributed by atoms with Crippen LogP contribution in [0.3, 0.4) is 0 Å². The van der Waals surface area contributed by atoms with E-state index in [9.17, 15) is 9.59 Å². The third kappa shape index (κ3) is 7.81. The van der Waals surface area contributed by atoms with Crippen LogP contribution >= 0.6 is 23.2 Å². The monoisotopic (exact) mass is 447 g/mol. The van der Waals surface area contributed by atoms with Gasteiger partial charge in [0.15, 0.2) is 0 Å². The predicted octanol–water partition coefficient (Wildman–Crippen LogP) is 6.45. The highest BCUT2D eigenvalue weighted by Gasteiger charge is 2.11. The molecule has 30 heavy (non-hydrogen) atoms. The molecule has 5 nitrogen and oxygen atoms in total. The van der Waals surface area contributed by atoms with Crippen LogP contribution < -0.4 is 10.7 Å². The zero-order chi connectivity index (χ0) is 21.9. The Kier molecular flexibility index (Phi) is 9.84. The molecule has 0 aliphatic heterocycles. The fourth-order valence-corrected chi connectivity index (χ4v) is 3.34. The van der Waals surface area contributed by atoms with Crippen LogP contribution in [0.15, 0.2) is 47.6 Å². The minimum atomic E-state index is -0.334. The number of anilines is 1. The average molecular weight is 448 g/mol. The van der Waals surface area contributed by atoms with Crippen LogP contribution in [0, 0.1) is 0 Å². The van der Waals surface area contributed by atoms with Crippen molar-refractivity contribution in [2.45, 2.75) is 52.4 Å². The average Bonchev–Trinajstić information content (AvgIpc) is 2.72. The number of unbranched alkanes of at least 4 members (excludes halogenated alkanes) is 4. The van der Waals surface area contributed by atoms with E-state index in [1.807, 2.05) is 12.1 Å². The van der Waals surface area contributed by atoms with E-state index in [2.05, 4.69) is 22.8 Å². The molecular weight excluding hydrogens is 421 g/mol. The summed E-state index contributed by atoms with van der Waals surface area (Å²) in [6, 6.07) is 11.9. The van der Waals surface area contributed by atoms with Crippen LogP contribution in [0.5, 0.6) is 0 Å². The molecule has 2 N–H and O–H groups in total. The fraction of sp³-hybridized carbons (Fsp3) is 0.348. The molecule has 2 rings (SSSR count). The van der Waals surface area contributed by atoms with Gasteiger partial charge in [-0.25, -0.2) is 5.43 Å². The highest BCUT2D eigenvalue weighted by atomic mass is 35.5. The van der Waals surface area contributed by atoms with Crippen LogP contribution in [-0.4, -0.2) is 17.5 Å². The molecule has 7 heteroatoms.